The Bertz CT molecular complexity index is 905. The fraction of sp³-hybridized carbons (Fsp3) is 0.0741. The van der Waals surface area contributed by atoms with Crippen molar-refractivity contribution in [3.63, 3.8) is 0 Å². The molecule has 0 saturated heterocycles. The largest absolute Gasteiger partial charge is 0.299 e. The van der Waals surface area contributed by atoms with Gasteiger partial charge in [0.25, 0.3) is 0 Å². The Morgan fingerprint density at radius 1 is 0.500 bits per heavy atom. The molecule has 1 nitrogen and oxygen atoms in total. The molecule has 0 aliphatic heterocycles. The lowest BCUT2D eigenvalue weighted by Gasteiger charge is -2.34. The van der Waals surface area contributed by atoms with Gasteiger partial charge in [-0.15, -0.1) is 0 Å². The molecule has 0 N–H and O–H groups in total. The van der Waals surface area contributed by atoms with Gasteiger partial charge < -0.3 is 0 Å². The number of ketones is 1. The molecule has 4 rings (SSSR count). The Kier molecular flexibility index (Phi) is 6.85. The second kappa shape index (κ2) is 9.94. The van der Waals surface area contributed by atoms with Gasteiger partial charge in [-0.05, 0) is 44.0 Å². The highest BCUT2D eigenvalue weighted by atomic mass is 31.2. The van der Waals surface area contributed by atoms with Gasteiger partial charge in [0.15, 0.2) is 0 Å². The quantitative estimate of drug-likeness (QED) is 0.373. The van der Waals surface area contributed by atoms with Crippen molar-refractivity contribution in [1.82, 2.24) is 0 Å². The van der Waals surface area contributed by atoms with Gasteiger partial charge >= 0.3 is 0 Å². The number of carbonyl (C=O) groups excluding carboxylic acids is 1. The predicted molar refractivity (Wildman–Crippen MR) is 133 cm³/mol. The van der Waals surface area contributed by atoms with Gasteiger partial charge in [-0.1, -0.05) is 121 Å². The van der Waals surface area contributed by atoms with E-state index in [1.807, 2.05) is 24.3 Å². The average molecular weight is 426 g/mol. The van der Waals surface area contributed by atoms with Gasteiger partial charge in [-0.25, -0.2) is 0 Å². The van der Waals surface area contributed by atoms with Crippen LogP contribution >= 0.6 is 15.8 Å². The van der Waals surface area contributed by atoms with Crippen LogP contribution in [-0.4, -0.2) is 11.2 Å². The Labute approximate surface area is 181 Å². The molecule has 4 aromatic rings. The number of hydrogen-bond donors (Lipinski definition) is 0. The van der Waals surface area contributed by atoms with Gasteiger partial charge in [0.1, 0.15) is 5.78 Å². The number of benzene rings is 4. The molecule has 0 amide bonds. The summed E-state index contributed by atoms with van der Waals surface area (Å²) in [5.41, 5.74) is 0. The van der Waals surface area contributed by atoms with Crippen LogP contribution in [0.2, 0.25) is 0 Å². The summed E-state index contributed by atoms with van der Waals surface area (Å²) in [6.45, 7) is 1.77. The van der Waals surface area contributed by atoms with Crippen LogP contribution in [0, 0.1) is 0 Å². The Hall–Kier alpha value is -2.59. The first-order valence-electron chi connectivity index (χ1n) is 10.0. The van der Waals surface area contributed by atoms with Crippen LogP contribution in [0.3, 0.4) is 0 Å². The highest BCUT2D eigenvalue weighted by Gasteiger charge is 2.36. The van der Waals surface area contributed by atoms with E-state index in [0.29, 0.717) is 0 Å². The van der Waals surface area contributed by atoms with E-state index in [2.05, 4.69) is 97.1 Å². The van der Waals surface area contributed by atoms with Crippen molar-refractivity contribution in [2.75, 3.05) is 0 Å². The second-order valence-electron chi connectivity index (χ2n) is 7.07. The zero-order valence-electron chi connectivity index (χ0n) is 16.9. The number of hydrogen-bond acceptors (Lipinski definition) is 1. The number of Topliss-reactive ketones (excluding diaryl/α,β-unsaturated/α-hetero) is 1. The fourth-order valence-corrected chi connectivity index (χ4v) is 10.6. The molecule has 30 heavy (non-hydrogen) atoms. The van der Waals surface area contributed by atoms with Crippen LogP contribution in [-0.2, 0) is 4.79 Å². The molecule has 0 aliphatic rings. The molecule has 0 fully saturated rings. The maximum absolute atomic E-state index is 13.4. The Balaban J connectivity index is 1.93. The van der Waals surface area contributed by atoms with Gasteiger partial charge in [0.05, 0.1) is 5.40 Å². The Morgan fingerprint density at radius 3 is 0.933 bits per heavy atom. The van der Waals surface area contributed by atoms with Crippen molar-refractivity contribution < 1.29 is 4.79 Å². The molecule has 0 unspecified atom stereocenters. The maximum Gasteiger partial charge on any atom is 0.142 e. The molecular formula is C27H24OP2. The van der Waals surface area contributed by atoms with Crippen molar-refractivity contribution >= 4 is 42.8 Å². The van der Waals surface area contributed by atoms with E-state index >= 15 is 0 Å². The molecule has 0 aromatic heterocycles. The van der Waals surface area contributed by atoms with E-state index in [1.165, 1.54) is 21.2 Å². The summed E-state index contributed by atoms with van der Waals surface area (Å²) < 4.78 is 0. The third-order valence-corrected chi connectivity index (χ3v) is 11.5. The zero-order valence-corrected chi connectivity index (χ0v) is 18.7. The molecule has 4 aromatic carbocycles. The minimum Gasteiger partial charge on any atom is -0.299 e. The lowest BCUT2D eigenvalue weighted by molar-refractivity contribution is -0.115. The molecule has 0 aliphatic carbocycles. The summed E-state index contributed by atoms with van der Waals surface area (Å²) in [6.07, 6.45) is 0. The highest BCUT2D eigenvalue weighted by molar-refractivity contribution is 7.90. The molecule has 0 spiro atoms. The second-order valence-corrected chi connectivity index (χ2v) is 12.1. The van der Waals surface area contributed by atoms with Gasteiger partial charge in [-0.2, -0.15) is 0 Å². The molecular weight excluding hydrogens is 402 g/mol. The van der Waals surface area contributed by atoms with E-state index in [9.17, 15) is 4.79 Å². The van der Waals surface area contributed by atoms with E-state index in [4.69, 9.17) is 0 Å². The first-order chi connectivity index (χ1) is 14.8. The summed E-state index contributed by atoms with van der Waals surface area (Å²) in [5.74, 6) is 0.257. The van der Waals surface area contributed by atoms with Gasteiger partial charge in [0, 0.05) is 0 Å². The van der Waals surface area contributed by atoms with Crippen LogP contribution in [0.1, 0.15) is 6.92 Å². The minimum absolute atomic E-state index is 0.0930. The van der Waals surface area contributed by atoms with Crippen LogP contribution < -0.4 is 21.2 Å². The monoisotopic (exact) mass is 426 g/mol. The number of rotatable bonds is 7. The molecule has 0 bridgehead atoms. The van der Waals surface area contributed by atoms with Crippen molar-refractivity contribution in [3.05, 3.63) is 121 Å². The standard InChI is InChI=1S/C27H24OP2/c1-22(28)27(29(23-14-6-2-7-15-23)24-16-8-3-9-17-24)30(25-18-10-4-11-19-25)26-20-12-5-13-21-26/h2-21,27H,1H3. The van der Waals surface area contributed by atoms with E-state index < -0.39 is 15.8 Å². The SMILES string of the molecule is CC(=O)C(P(c1ccccc1)c1ccccc1)P(c1ccccc1)c1ccccc1. The predicted octanol–water partition coefficient (Wildman–Crippen LogP) is 5.17. The smallest absolute Gasteiger partial charge is 0.142 e. The summed E-state index contributed by atoms with van der Waals surface area (Å²) in [6, 6.07) is 42.3. The third-order valence-electron chi connectivity index (χ3n) is 4.99. The van der Waals surface area contributed by atoms with Crippen LogP contribution in [0.4, 0.5) is 0 Å². The van der Waals surface area contributed by atoms with Crippen LogP contribution in [0.25, 0.3) is 0 Å². The lowest BCUT2D eigenvalue weighted by Crippen LogP contribution is -2.31. The van der Waals surface area contributed by atoms with E-state index in [1.54, 1.807) is 6.92 Å². The van der Waals surface area contributed by atoms with Crippen molar-refractivity contribution in [3.8, 4) is 0 Å². The zero-order chi connectivity index (χ0) is 20.8. The van der Waals surface area contributed by atoms with Crippen molar-refractivity contribution in [1.29, 1.82) is 0 Å². The first-order valence-corrected chi connectivity index (χ1v) is 12.9. The van der Waals surface area contributed by atoms with E-state index in [0.717, 1.165) is 0 Å². The van der Waals surface area contributed by atoms with Crippen molar-refractivity contribution in [2.24, 2.45) is 0 Å². The van der Waals surface area contributed by atoms with Crippen LogP contribution in [0.15, 0.2) is 121 Å². The molecule has 0 saturated carbocycles. The topological polar surface area (TPSA) is 17.1 Å². The average Bonchev–Trinajstić information content (AvgIpc) is 2.81. The van der Waals surface area contributed by atoms with E-state index in [-0.39, 0.29) is 11.2 Å². The Morgan fingerprint density at radius 2 is 0.733 bits per heavy atom. The third kappa shape index (κ3) is 4.59. The first kappa shape index (κ1) is 20.7. The summed E-state index contributed by atoms with van der Waals surface area (Å²) in [5, 5.41) is 4.90. The lowest BCUT2D eigenvalue weighted by atomic mass is 10.4. The fourth-order valence-electron chi connectivity index (χ4n) is 3.70. The maximum atomic E-state index is 13.4. The molecule has 3 heteroatoms. The summed E-state index contributed by atoms with van der Waals surface area (Å²) in [4.78, 5) is 13.4. The summed E-state index contributed by atoms with van der Waals surface area (Å²) in [7, 11) is -1.72. The molecule has 148 valence electrons. The van der Waals surface area contributed by atoms with Gasteiger partial charge in [-0.3, -0.25) is 4.79 Å². The van der Waals surface area contributed by atoms with Crippen LogP contribution in [0.5, 0.6) is 0 Å². The van der Waals surface area contributed by atoms with Gasteiger partial charge in [0.2, 0.25) is 0 Å². The normalized spacial score (nSPS) is 11.2. The molecule has 0 heterocycles. The summed E-state index contributed by atoms with van der Waals surface area (Å²) >= 11 is 0. The molecule has 0 atom stereocenters. The molecule has 0 radical (unpaired) electrons. The van der Waals surface area contributed by atoms with Crippen molar-refractivity contribution in [2.45, 2.75) is 12.3 Å². The minimum atomic E-state index is -0.861. The highest BCUT2D eigenvalue weighted by Crippen LogP contribution is 2.56. The number of carbonyl (C=O) groups is 1.